The molecule has 3 nitrogen and oxygen atoms in total. The van der Waals surface area contributed by atoms with E-state index in [1.807, 2.05) is 25.1 Å². The summed E-state index contributed by atoms with van der Waals surface area (Å²) in [5, 5.41) is 12.6. The van der Waals surface area contributed by atoms with Crippen LogP contribution < -0.4 is 11.3 Å². The Bertz CT molecular complexity index is 607. The maximum absolute atomic E-state index is 12.6. The van der Waals surface area contributed by atoms with E-state index < -0.39 is 11.4 Å². The zero-order valence-corrected chi connectivity index (χ0v) is 22.9. The van der Waals surface area contributed by atoms with Crippen LogP contribution in [-0.2, 0) is 11.2 Å². The van der Waals surface area contributed by atoms with Crippen LogP contribution in [0.5, 0.6) is 0 Å². The number of carbonyl (C=O) groups is 1. The number of rotatable bonds is 18. The Kier molecular flexibility index (Phi) is 16.4. The summed E-state index contributed by atoms with van der Waals surface area (Å²) in [7, 11) is 0. The van der Waals surface area contributed by atoms with Gasteiger partial charge in [-0.2, -0.15) is 0 Å². The third kappa shape index (κ3) is 12.6. The third-order valence-electron chi connectivity index (χ3n) is 7.33. The van der Waals surface area contributed by atoms with Crippen molar-refractivity contribution in [1.82, 2.24) is 6.15 Å². The van der Waals surface area contributed by atoms with Crippen LogP contribution in [0.25, 0.3) is 0 Å². The number of carbonyl (C=O) groups excluding carboxylic acids is 1. The highest BCUT2D eigenvalue weighted by molar-refractivity contribution is 5.73. The van der Waals surface area contributed by atoms with E-state index in [0.29, 0.717) is 12.8 Å². The molecule has 0 bridgehead atoms. The Balaban J connectivity index is 0.0000102. The third-order valence-corrected chi connectivity index (χ3v) is 7.33. The van der Waals surface area contributed by atoms with Crippen molar-refractivity contribution in [3.05, 3.63) is 35.9 Å². The summed E-state index contributed by atoms with van der Waals surface area (Å²) < 4.78 is 0. The summed E-state index contributed by atoms with van der Waals surface area (Å²) in [4.78, 5) is 12.6. The van der Waals surface area contributed by atoms with Crippen LogP contribution in [0.15, 0.2) is 30.3 Å². The first kappa shape index (κ1) is 31.6. The Morgan fingerprint density at radius 3 is 1.79 bits per heavy atom. The van der Waals surface area contributed by atoms with Crippen molar-refractivity contribution in [3.8, 4) is 0 Å². The van der Waals surface area contributed by atoms with Crippen LogP contribution in [-0.4, -0.2) is 5.97 Å². The van der Waals surface area contributed by atoms with E-state index in [2.05, 4.69) is 39.8 Å². The molecule has 0 aromatic heterocycles. The van der Waals surface area contributed by atoms with Crippen molar-refractivity contribution in [3.63, 3.8) is 0 Å². The molecule has 0 fully saturated rings. The van der Waals surface area contributed by atoms with E-state index in [4.69, 9.17) is 0 Å². The van der Waals surface area contributed by atoms with Crippen molar-refractivity contribution in [2.75, 3.05) is 0 Å². The van der Waals surface area contributed by atoms with Gasteiger partial charge in [0, 0.05) is 11.4 Å². The van der Waals surface area contributed by atoms with Gasteiger partial charge in [-0.15, -0.1) is 0 Å². The second-order valence-corrected chi connectivity index (χ2v) is 11.2. The predicted octanol–water partition coefficient (Wildman–Crippen LogP) is 8.51. The largest absolute Gasteiger partial charge is 0.550 e. The molecule has 0 amide bonds. The number of aliphatic carboxylic acids is 1. The average Bonchev–Trinajstić information content (AvgIpc) is 2.75. The van der Waals surface area contributed by atoms with Gasteiger partial charge in [0.1, 0.15) is 0 Å². The minimum absolute atomic E-state index is 0. The van der Waals surface area contributed by atoms with Gasteiger partial charge in [-0.05, 0) is 49.0 Å². The van der Waals surface area contributed by atoms with Gasteiger partial charge in [-0.1, -0.05) is 129 Å². The average molecular weight is 462 g/mol. The van der Waals surface area contributed by atoms with Crippen LogP contribution in [0.1, 0.15) is 130 Å². The van der Waals surface area contributed by atoms with Gasteiger partial charge in [0.2, 0.25) is 0 Å². The Hall–Kier alpha value is -1.35. The highest BCUT2D eigenvalue weighted by Gasteiger charge is 2.38. The Morgan fingerprint density at radius 1 is 0.818 bits per heavy atom. The van der Waals surface area contributed by atoms with Crippen LogP contribution in [0.4, 0.5) is 0 Å². The minimum Gasteiger partial charge on any atom is -0.550 e. The lowest BCUT2D eigenvalue weighted by Crippen LogP contribution is -2.49. The first-order valence-electron chi connectivity index (χ1n) is 13.5. The summed E-state index contributed by atoms with van der Waals surface area (Å²) in [6.45, 7) is 11.1. The van der Waals surface area contributed by atoms with Crippen molar-refractivity contribution in [2.45, 2.75) is 131 Å². The molecule has 0 saturated carbocycles. The fraction of sp³-hybridized carbons (Fsp3) is 0.767. The van der Waals surface area contributed by atoms with Gasteiger partial charge in [-0.3, -0.25) is 0 Å². The molecular formula is C30H55NO2. The number of unbranched alkanes of at least 4 members (excludes halogenated alkanes) is 9. The topological polar surface area (TPSA) is 76.6 Å². The van der Waals surface area contributed by atoms with Crippen molar-refractivity contribution in [2.24, 2.45) is 16.7 Å². The summed E-state index contributed by atoms with van der Waals surface area (Å²) in [5.41, 5.74) is 0.558. The van der Waals surface area contributed by atoms with E-state index in [-0.39, 0.29) is 17.5 Å². The normalized spacial score (nSPS) is 14.3. The maximum Gasteiger partial charge on any atom is 0.0482 e. The molecule has 0 spiro atoms. The van der Waals surface area contributed by atoms with E-state index in [9.17, 15) is 9.90 Å². The van der Waals surface area contributed by atoms with Crippen LogP contribution in [0, 0.1) is 16.7 Å². The molecule has 1 aromatic rings. The zero-order valence-electron chi connectivity index (χ0n) is 22.9. The first-order valence-corrected chi connectivity index (χ1v) is 13.5. The Morgan fingerprint density at radius 2 is 1.33 bits per heavy atom. The summed E-state index contributed by atoms with van der Waals surface area (Å²) in [6, 6.07) is 10.1. The van der Waals surface area contributed by atoms with E-state index in [1.54, 1.807) is 0 Å². The molecule has 0 saturated heterocycles. The van der Waals surface area contributed by atoms with Gasteiger partial charge in [0.05, 0.1) is 0 Å². The van der Waals surface area contributed by atoms with Crippen LogP contribution in [0.2, 0.25) is 0 Å². The van der Waals surface area contributed by atoms with E-state index in [0.717, 1.165) is 31.2 Å². The SMILES string of the molecule is CCCCCCCCCCCCC(CCC(C)(C)C)C(CC)(Cc1ccccc1)C(=O)[O-].[NH4+]. The summed E-state index contributed by atoms with van der Waals surface area (Å²) in [6.07, 6.45) is 17.4. The van der Waals surface area contributed by atoms with Crippen molar-refractivity contribution < 1.29 is 9.90 Å². The quantitative estimate of drug-likeness (QED) is 0.222. The molecule has 4 N–H and O–H groups in total. The van der Waals surface area contributed by atoms with Crippen LogP contribution >= 0.6 is 0 Å². The van der Waals surface area contributed by atoms with E-state index in [1.165, 1.54) is 57.8 Å². The fourth-order valence-electron chi connectivity index (χ4n) is 5.08. The highest BCUT2D eigenvalue weighted by atomic mass is 16.4. The monoisotopic (exact) mass is 461 g/mol. The summed E-state index contributed by atoms with van der Waals surface area (Å²) >= 11 is 0. The van der Waals surface area contributed by atoms with Gasteiger partial charge >= 0.3 is 0 Å². The molecule has 192 valence electrons. The van der Waals surface area contributed by atoms with Gasteiger partial charge < -0.3 is 16.1 Å². The number of hydrogen-bond donors (Lipinski definition) is 1. The smallest absolute Gasteiger partial charge is 0.0482 e. The molecule has 0 aliphatic heterocycles. The number of benzene rings is 1. The first-order chi connectivity index (χ1) is 15.2. The predicted molar refractivity (Wildman–Crippen MR) is 143 cm³/mol. The number of quaternary nitrogens is 1. The lowest BCUT2D eigenvalue weighted by molar-refractivity contribution is -0.323. The standard InChI is InChI=1S/C30H52O2.H3N/c1-6-8-9-10-11-12-13-14-15-19-22-27(23-24-29(3,4)5)30(7-2,28(31)32)25-26-20-17-16-18-21-26;/h16-18,20-21,27H,6-15,19,22-25H2,1-5H3,(H,31,32);1H3. The summed E-state index contributed by atoms with van der Waals surface area (Å²) in [5.74, 6) is -0.680. The molecule has 0 aliphatic carbocycles. The van der Waals surface area contributed by atoms with Crippen molar-refractivity contribution >= 4 is 5.97 Å². The lowest BCUT2D eigenvalue weighted by atomic mass is 9.65. The molecular weight excluding hydrogens is 406 g/mol. The molecule has 2 atom stereocenters. The number of carboxylic acids is 1. The van der Waals surface area contributed by atoms with E-state index >= 15 is 0 Å². The second kappa shape index (κ2) is 17.1. The van der Waals surface area contributed by atoms with Crippen LogP contribution in [0.3, 0.4) is 0 Å². The molecule has 33 heavy (non-hydrogen) atoms. The second-order valence-electron chi connectivity index (χ2n) is 11.2. The minimum atomic E-state index is -0.852. The lowest BCUT2D eigenvalue weighted by Gasteiger charge is -2.43. The Labute approximate surface area is 205 Å². The highest BCUT2D eigenvalue weighted by Crippen LogP contribution is 2.42. The van der Waals surface area contributed by atoms with Gasteiger partial charge in [-0.25, -0.2) is 0 Å². The molecule has 0 aliphatic rings. The molecule has 1 aromatic carbocycles. The van der Waals surface area contributed by atoms with Crippen molar-refractivity contribution in [1.29, 1.82) is 0 Å². The molecule has 1 rings (SSSR count). The number of hydrogen-bond acceptors (Lipinski definition) is 2. The maximum atomic E-state index is 12.6. The zero-order chi connectivity index (χ0) is 23.9. The molecule has 3 heteroatoms. The number of carboxylic acid groups (broad SMARTS) is 1. The molecule has 2 unspecified atom stereocenters. The molecule has 0 heterocycles. The van der Waals surface area contributed by atoms with Gasteiger partial charge in [0.15, 0.2) is 0 Å². The van der Waals surface area contributed by atoms with Gasteiger partial charge in [0.25, 0.3) is 0 Å². The molecule has 0 radical (unpaired) electrons. The fourth-order valence-corrected chi connectivity index (χ4v) is 5.08.